The van der Waals surface area contributed by atoms with Crippen LogP contribution in [0.5, 0.6) is 0 Å². The van der Waals surface area contributed by atoms with Crippen molar-refractivity contribution in [1.82, 2.24) is 4.98 Å². The van der Waals surface area contributed by atoms with Gasteiger partial charge in [0, 0.05) is 19.2 Å². The van der Waals surface area contributed by atoms with E-state index < -0.39 is 0 Å². The van der Waals surface area contributed by atoms with E-state index >= 15 is 0 Å². The third-order valence-corrected chi connectivity index (χ3v) is 3.09. The maximum Gasteiger partial charge on any atom is 0.227 e. The van der Waals surface area contributed by atoms with E-state index in [0.29, 0.717) is 30.4 Å². The summed E-state index contributed by atoms with van der Waals surface area (Å²) in [5.41, 5.74) is 6.44. The fourth-order valence-corrected chi connectivity index (χ4v) is 2.02. The lowest BCUT2D eigenvalue weighted by molar-refractivity contribution is -0.117. The van der Waals surface area contributed by atoms with Gasteiger partial charge in [0.25, 0.3) is 0 Å². The lowest BCUT2D eigenvalue weighted by Crippen LogP contribution is -2.25. The standard InChI is InChI=1S/C10H13N3OS/c11-10-8(2-1-3-12-10)13-5-7(6-15)4-9(13)14/h1-3,7,15H,4-6H2,(H2,11,12). The molecule has 0 spiro atoms. The normalized spacial score (nSPS) is 21.0. The second-order valence-electron chi connectivity index (χ2n) is 3.66. The third-order valence-electron chi connectivity index (χ3n) is 2.57. The van der Waals surface area contributed by atoms with Gasteiger partial charge in [-0.3, -0.25) is 4.79 Å². The van der Waals surface area contributed by atoms with Crippen LogP contribution in [0.4, 0.5) is 11.5 Å². The number of amides is 1. The van der Waals surface area contributed by atoms with Gasteiger partial charge in [-0.05, 0) is 23.8 Å². The van der Waals surface area contributed by atoms with Crippen LogP contribution in [0.25, 0.3) is 0 Å². The monoisotopic (exact) mass is 223 g/mol. The van der Waals surface area contributed by atoms with Crippen LogP contribution in [0.2, 0.25) is 0 Å². The summed E-state index contributed by atoms with van der Waals surface area (Å²) in [5.74, 6) is 1.56. The Morgan fingerprint density at radius 3 is 3.07 bits per heavy atom. The summed E-state index contributed by atoms with van der Waals surface area (Å²) < 4.78 is 0. The van der Waals surface area contributed by atoms with E-state index in [0.717, 1.165) is 5.75 Å². The first-order chi connectivity index (χ1) is 7.22. The Hall–Kier alpha value is -1.23. The number of carbonyl (C=O) groups excluding carboxylic acids is 1. The van der Waals surface area contributed by atoms with Crippen molar-refractivity contribution in [2.75, 3.05) is 22.9 Å². The van der Waals surface area contributed by atoms with Crippen LogP contribution in [0.3, 0.4) is 0 Å². The molecule has 15 heavy (non-hydrogen) atoms. The first kappa shape index (κ1) is 10.3. The highest BCUT2D eigenvalue weighted by molar-refractivity contribution is 7.80. The van der Waals surface area contributed by atoms with Gasteiger partial charge in [-0.25, -0.2) is 4.98 Å². The van der Waals surface area contributed by atoms with Crippen molar-refractivity contribution in [3.8, 4) is 0 Å². The van der Waals surface area contributed by atoms with E-state index in [9.17, 15) is 4.79 Å². The summed E-state index contributed by atoms with van der Waals surface area (Å²) >= 11 is 4.21. The highest BCUT2D eigenvalue weighted by Crippen LogP contribution is 2.28. The van der Waals surface area contributed by atoms with Crippen molar-refractivity contribution >= 4 is 30.0 Å². The topological polar surface area (TPSA) is 59.2 Å². The van der Waals surface area contributed by atoms with E-state index in [2.05, 4.69) is 17.6 Å². The molecule has 2 rings (SSSR count). The van der Waals surface area contributed by atoms with Crippen LogP contribution in [-0.4, -0.2) is 23.2 Å². The zero-order valence-corrected chi connectivity index (χ0v) is 9.15. The number of hydrogen-bond acceptors (Lipinski definition) is 4. The Kier molecular flexibility index (Phi) is 2.81. The second-order valence-corrected chi connectivity index (χ2v) is 4.03. The minimum absolute atomic E-state index is 0.105. The smallest absolute Gasteiger partial charge is 0.227 e. The molecule has 2 heterocycles. The Bertz CT molecular complexity index is 383. The molecule has 0 aliphatic carbocycles. The summed E-state index contributed by atoms with van der Waals surface area (Å²) in [4.78, 5) is 17.4. The van der Waals surface area contributed by atoms with Crippen molar-refractivity contribution in [1.29, 1.82) is 0 Å². The van der Waals surface area contributed by atoms with Crippen LogP contribution in [0, 0.1) is 5.92 Å². The zero-order chi connectivity index (χ0) is 10.8. The number of nitrogen functional groups attached to an aromatic ring is 1. The molecule has 0 radical (unpaired) electrons. The van der Waals surface area contributed by atoms with Gasteiger partial charge in [-0.1, -0.05) is 0 Å². The Morgan fingerprint density at radius 2 is 2.47 bits per heavy atom. The lowest BCUT2D eigenvalue weighted by atomic mass is 10.1. The molecule has 1 amide bonds. The maximum atomic E-state index is 11.7. The number of anilines is 2. The van der Waals surface area contributed by atoms with Crippen molar-refractivity contribution in [3.05, 3.63) is 18.3 Å². The molecule has 1 aromatic heterocycles. The Labute approximate surface area is 93.9 Å². The number of pyridine rings is 1. The molecule has 1 aliphatic heterocycles. The van der Waals surface area contributed by atoms with Crippen LogP contribution in [-0.2, 0) is 4.79 Å². The van der Waals surface area contributed by atoms with Gasteiger partial charge in [0.2, 0.25) is 5.91 Å². The number of aromatic nitrogens is 1. The molecular formula is C10H13N3OS. The lowest BCUT2D eigenvalue weighted by Gasteiger charge is -2.17. The Balaban J connectivity index is 2.25. The number of nitrogens with two attached hydrogens (primary N) is 1. The van der Waals surface area contributed by atoms with E-state index in [-0.39, 0.29) is 5.91 Å². The van der Waals surface area contributed by atoms with Gasteiger partial charge in [-0.2, -0.15) is 12.6 Å². The quantitative estimate of drug-likeness (QED) is 0.734. The van der Waals surface area contributed by atoms with Crippen LogP contribution in [0.1, 0.15) is 6.42 Å². The van der Waals surface area contributed by atoms with Crippen molar-refractivity contribution in [3.63, 3.8) is 0 Å². The van der Waals surface area contributed by atoms with Crippen LogP contribution < -0.4 is 10.6 Å². The summed E-state index contributed by atoms with van der Waals surface area (Å²) in [7, 11) is 0. The van der Waals surface area contributed by atoms with Crippen LogP contribution >= 0.6 is 12.6 Å². The fraction of sp³-hybridized carbons (Fsp3) is 0.400. The van der Waals surface area contributed by atoms with Crippen LogP contribution in [0.15, 0.2) is 18.3 Å². The maximum absolute atomic E-state index is 11.7. The molecule has 1 atom stereocenters. The van der Waals surface area contributed by atoms with Gasteiger partial charge in [-0.15, -0.1) is 0 Å². The highest BCUT2D eigenvalue weighted by Gasteiger charge is 2.30. The number of carbonyl (C=O) groups is 1. The van der Waals surface area contributed by atoms with Gasteiger partial charge >= 0.3 is 0 Å². The van der Waals surface area contributed by atoms with E-state index in [1.807, 2.05) is 6.07 Å². The number of thiol groups is 1. The van der Waals surface area contributed by atoms with Gasteiger partial charge in [0.15, 0.2) is 0 Å². The largest absolute Gasteiger partial charge is 0.382 e. The van der Waals surface area contributed by atoms with Gasteiger partial charge in [0.05, 0.1) is 5.69 Å². The molecule has 80 valence electrons. The predicted molar refractivity (Wildman–Crippen MR) is 63.0 cm³/mol. The fourth-order valence-electron chi connectivity index (χ4n) is 1.77. The molecule has 0 saturated carbocycles. The molecule has 0 bridgehead atoms. The first-order valence-electron chi connectivity index (χ1n) is 4.84. The summed E-state index contributed by atoms with van der Waals surface area (Å²) in [6, 6.07) is 3.61. The summed E-state index contributed by atoms with van der Waals surface area (Å²) in [5, 5.41) is 0. The molecule has 1 aromatic rings. The minimum Gasteiger partial charge on any atom is -0.382 e. The molecule has 1 aliphatic rings. The van der Waals surface area contributed by atoms with E-state index in [1.165, 1.54) is 0 Å². The van der Waals surface area contributed by atoms with Crippen molar-refractivity contribution in [2.24, 2.45) is 5.92 Å². The average Bonchev–Trinajstić information content (AvgIpc) is 2.60. The van der Waals surface area contributed by atoms with Crippen molar-refractivity contribution < 1.29 is 4.79 Å². The molecule has 4 nitrogen and oxygen atoms in total. The average molecular weight is 223 g/mol. The van der Waals surface area contributed by atoms with E-state index in [1.54, 1.807) is 17.2 Å². The minimum atomic E-state index is 0.105. The number of nitrogens with zero attached hydrogens (tertiary/aromatic N) is 2. The molecule has 1 saturated heterocycles. The molecule has 1 unspecified atom stereocenters. The molecule has 2 N–H and O–H groups in total. The molecule has 1 fully saturated rings. The highest BCUT2D eigenvalue weighted by atomic mass is 32.1. The molecule has 5 heteroatoms. The first-order valence-corrected chi connectivity index (χ1v) is 5.47. The Morgan fingerprint density at radius 1 is 1.67 bits per heavy atom. The van der Waals surface area contributed by atoms with E-state index in [4.69, 9.17) is 5.73 Å². The summed E-state index contributed by atoms with van der Waals surface area (Å²) in [6.45, 7) is 0.693. The number of hydrogen-bond donors (Lipinski definition) is 2. The summed E-state index contributed by atoms with van der Waals surface area (Å²) in [6.07, 6.45) is 2.17. The van der Waals surface area contributed by atoms with Gasteiger partial charge < -0.3 is 10.6 Å². The SMILES string of the molecule is Nc1ncccc1N1CC(CS)CC1=O. The van der Waals surface area contributed by atoms with Gasteiger partial charge in [0.1, 0.15) is 5.82 Å². The zero-order valence-electron chi connectivity index (χ0n) is 8.26. The predicted octanol–water partition coefficient (Wildman–Crippen LogP) is 0.946. The third kappa shape index (κ3) is 1.92. The molecular weight excluding hydrogens is 210 g/mol. The van der Waals surface area contributed by atoms with Crippen molar-refractivity contribution in [2.45, 2.75) is 6.42 Å². The second kappa shape index (κ2) is 4.10. The number of rotatable bonds is 2. The molecule has 0 aromatic carbocycles.